The van der Waals surface area contributed by atoms with Crippen LogP contribution in [0.4, 0.5) is 4.39 Å². The number of rotatable bonds is 15. The van der Waals surface area contributed by atoms with Gasteiger partial charge in [0.05, 0.1) is 53.4 Å². The molecule has 1 aromatic carbocycles. The van der Waals surface area contributed by atoms with Gasteiger partial charge >= 0.3 is 5.97 Å². The number of carbonyl (C=O) groups excluding carboxylic acids is 1. The third-order valence-corrected chi connectivity index (χ3v) is 15.9. The molecule has 4 fully saturated rings. The van der Waals surface area contributed by atoms with E-state index in [-0.39, 0.29) is 38.2 Å². The van der Waals surface area contributed by atoms with Crippen LogP contribution in [0, 0.1) is 29.5 Å². The van der Waals surface area contributed by atoms with E-state index in [1.54, 1.807) is 73.7 Å². The van der Waals surface area contributed by atoms with Crippen LogP contribution in [0.3, 0.4) is 0 Å². The monoisotopic (exact) mass is 1010 g/mol. The van der Waals surface area contributed by atoms with E-state index in [0.29, 0.717) is 17.7 Å². The Kier molecular flexibility index (Phi) is 21.4. The number of esters is 1. The lowest BCUT2D eigenvalue weighted by molar-refractivity contribution is -0.318. The van der Waals surface area contributed by atoms with Gasteiger partial charge in [-0.2, -0.15) is 0 Å². The van der Waals surface area contributed by atoms with Gasteiger partial charge in [-0.05, 0) is 86.5 Å². The first-order valence-corrected chi connectivity index (χ1v) is 26.0. The fourth-order valence-corrected chi connectivity index (χ4v) is 11.3. The molecule has 0 amide bonds. The number of methoxy groups -OCH3 is 1. The molecule has 406 valence electrons. The standard InChI is InChI=1S/C53H89FN4O13/c1-14-41-53(11,64)46(60)34(5)43(55-66-27-19-18-22-58-25-23-57(15-2)24-26-58)32(3)29-51(9,63)48(71-50-44(59)40(28-33(4)67-50)56(12)31-38-20-16-17-21-39(38)54)35(6)45(36(7)49(62)69-41)70-42-30-52(10,65-13)47(61)37(8)68-42/h16-21,32-37,40-42,44-48,50,59-61,63-64H,14-15,22-31H2,1-13H3/b19-18+,55-43+/t32-,33-,34+,35+,36-,37+,40+,41-,42+,44-,45+,46-,47+,48-,50+,51+,52-,53-/m1/s1. The minimum atomic E-state index is -1.98. The molecule has 0 spiro atoms. The fraction of sp³-hybridized carbons (Fsp3) is 0.811. The molecule has 5 rings (SSSR count). The fourth-order valence-electron chi connectivity index (χ4n) is 11.3. The van der Waals surface area contributed by atoms with Crippen molar-refractivity contribution >= 4 is 11.7 Å². The molecule has 71 heavy (non-hydrogen) atoms. The molecule has 0 bridgehead atoms. The van der Waals surface area contributed by atoms with Crippen molar-refractivity contribution in [3.8, 4) is 0 Å². The Morgan fingerprint density at radius 1 is 0.901 bits per heavy atom. The summed E-state index contributed by atoms with van der Waals surface area (Å²) in [5.74, 6) is -4.65. The predicted octanol–water partition coefficient (Wildman–Crippen LogP) is 4.49. The Morgan fingerprint density at radius 2 is 1.56 bits per heavy atom. The zero-order chi connectivity index (χ0) is 52.6. The molecule has 17 nitrogen and oxygen atoms in total. The van der Waals surface area contributed by atoms with E-state index < -0.39 is 114 Å². The highest BCUT2D eigenvalue weighted by Gasteiger charge is 2.53. The predicted molar refractivity (Wildman–Crippen MR) is 267 cm³/mol. The van der Waals surface area contributed by atoms with Crippen molar-refractivity contribution in [2.24, 2.45) is 28.8 Å². The van der Waals surface area contributed by atoms with E-state index in [1.807, 2.05) is 30.9 Å². The number of likely N-dealkylation sites (N-methyl/N-ethyl adjacent to an activating group) is 2. The number of oxime groups is 1. The minimum absolute atomic E-state index is 0.0500. The number of aliphatic hydroxyl groups excluding tert-OH is 3. The second kappa shape index (κ2) is 25.7. The summed E-state index contributed by atoms with van der Waals surface area (Å²) in [6.07, 6.45) is -6.45. The number of halogens is 1. The summed E-state index contributed by atoms with van der Waals surface area (Å²) in [6.45, 7) is 25.3. The Balaban J connectivity index is 1.55. The zero-order valence-electron chi connectivity index (χ0n) is 44.8. The number of hydrogen-bond acceptors (Lipinski definition) is 17. The largest absolute Gasteiger partial charge is 0.459 e. The van der Waals surface area contributed by atoms with Crippen LogP contribution >= 0.6 is 0 Å². The molecule has 4 aliphatic heterocycles. The van der Waals surface area contributed by atoms with E-state index in [4.69, 9.17) is 33.3 Å². The first-order chi connectivity index (χ1) is 33.4. The summed E-state index contributed by atoms with van der Waals surface area (Å²) < 4.78 is 53.2. The van der Waals surface area contributed by atoms with Crippen molar-refractivity contribution in [1.82, 2.24) is 14.7 Å². The van der Waals surface area contributed by atoms with Crippen LogP contribution in [0.5, 0.6) is 0 Å². The lowest BCUT2D eigenvalue weighted by atomic mass is 9.73. The van der Waals surface area contributed by atoms with E-state index >= 15 is 0 Å². The molecule has 18 atom stereocenters. The summed E-state index contributed by atoms with van der Waals surface area (Å²) in [7, 11) is 3.29. The average Bonchev–Trinajstić information content (AvgIpc) is 3.33. The van der Waals surface area contributed by atoms with Crippen LogP contribution in [0.1, 0.15) is 107 Å². The van der Waals surface area contributed by atoms with Crippen molar-refractivity contribution in [3.63, 3.8) is 0 Å². The summed E-state index contributed by atoms with van der Waals surface area (Å²) >= 11 is 0. The van der Waals surface area contributed by atoms with Crippen LogP contribution in [0.25, 0.3) is 0 Å². The number of ether oxygens (including phenoxy) is 6. The lowest BCUT2D eigenvalue weighted by Crippen LogP contribution is -2.61. The highest BCUT2D eigenvalue weighted by atomic mass is 19.1. The highest BCUT2D eigenvalue weighted by Crippen LogP contribution is 2.41. The summed E-state index contributed by atoms with van der Waals surface area (Å²) in [6, 6.07) is 5.91. The van der Waals surface area contributed by atoms with Gasteiger partial charge < -0.3 is 63.7 Å². The minimum Gasteiger partial charge on any atom is -0.459 e. The number of aliphatic hydroxyl groups is 5. The molecule has 0 aromatic heterocycles. The highest BCUT2D eigenvalue weighted by molar-refractivity contribution is 5.88. The summed E-state index contributed by atoms with van der Waals surface area (Å²) in [5, 5.41) is 65.3. The maximum absolute atomic E-state index is 14.9. The van der Waals surface area contributed by atoms with E-state index in [1.165, 1.54) is 20.1 Å². The number of hydrogen-bond donors (Lipinski definition) is 5. The van der Waals surface area contributed by atoms with Gasteiger partial charge in [0.2, 0.25) is 0 Å². The Morgan fingerprint density at radius 3 is 2.20 bits per heavy atom. The van der Waals surface area contributed by atoms with Gasteiger partial charge in [0.15, 0.2) is 12.6 Å². The Hall–Kier alpha value is -2.69. The molecule has 1 aromatic rings. The normalized spacial score (nSPS) is 41.5. The van der Waals surface area contributed by atoms with E-state index in [2.05, 4.69) is 21.9 Å². The smallest absolute Gasteiger partial charge is 0.311 e. The number of nitrogens with zero attached hydrogens (tertiary/aromatic N) is 4. The van der Waals surface area contributed by atoms with Crippen molar-refractivity contribution in [3.05, 3.63) is 47.8 Å². The number of piperazine rings is 1. The van der Waals surface area contributed by atoms with Gasteiger partial charge in [-0.25, -0.2) is 4.39 Å². The third-order valence-electron chi connectivity index (χ3n) is 15.9. The molecule has 0 unspecified atom stereocenters. The van der Waals surface area contributed by atoms with Crippen LogP contribution in [0.15, 0.2) is 41.6 Å². The van der Waals surface area contributed by atoms with Gasteiger partial charge in [0, 0.05) is 82.2 Å². The second-order valence-electron chi connectivity index (χ2n) is 21.6. The maximum Gasteiger partial charge on any atom is 0.311 e. The molecular formula is C53H89FN4O13. The van der Waals surface area contributed by atoms with Crippen molar-refractivity contribution in [1.29, 1.82) is 0 Å². The molecule has 4 heterocycles. The Labute approximate surface area is 422 Å². The van der Waals surface area contributed by atoms with E-state index in [0.717, 1.165) is 39.3 Å². The third kappa shape index (κ3) is 14.6. The number of cyclic esters (lactones) is 1. The van der Waals surface area contributed by atoms with E-state index in [9.17, 15) is 34.7 Å². The zero-order valence-corrected chi connectivity index (χ0v) is 44.8. The molecule has 4 aliphatic rings. The lowest BCUT2D eigenvalue weighted by Gasteiger charge is -2.49. The second-order valence-corrected chi connectivity index (χ2v) is 21.6. The summed E-state index contributed by atoms with van der Waals surface area (Å²) in [5.41, 5.74) is -4.11. The van der Waals surface area contributed by atoms with Gasteiger partial charge in [-0.1, -0.05) is 64.0 Å². The molecular weight excluding hydrogens is 920 g/mol. The quantitative estimate of drug-likeness (QED) is 0.0711. The SMILES string of the molecule is CC[C@H]1OC(=O)[C@H](C)[C@@H](O[C@H]2C[C@@](C)(OC)[C@@H](O)[C@H](C)O2)[C@H](C)[C@@H](O[C@@H]2O[C@H](C)C[C@H](N(C)Cc3ccccc3F)[C@H]2O)[C@@](C)(O)C[C@@H](C)/C(=N\OC/C=C/CN2CCN(CC)CC2)[C@H](C)[C@@H](O)[C@]1(C)O. The van der Waals surface area contributed by atoms with Gasteiger partial charge in [0.25, 0.3) is 0 Å². The first kappa shape index (κ1) is 59.2. The molecule has 4 saturated heterocycles. The van der Waals surface area contributed by atoms with Crippen molar-refractivity contribution < 1.29 is 68.0 Å². The topological polar surface area (TPSA) is 205 Å². The molecule has 5 N–H and O–H groups in total. The number of carbonyl (C=O) groups is 1. The van der Waals surface area contributed by atoms with Gasteiger partial charge in [0.1, 0.15) is 36.3 Å². The molecule has 18 heteroatoms. The summed E-state index contributed by atoms with van der Waals surface area (Å²) in [4.78, 5) is 27.2. The van der Waals surface area contributed by atoms with Crippen molar-refractivity contribution in [2.45, 2.75) is 193 Å². The number of benzene rings is 1. The van der Waals surface area contributed by atoms with Gasteiger partial charge in [-0.15, -0.1) is 0 Å². The van der Waals surface area contributed by atoms with Gasteiger partial charge in [-0.3, -0.25) is 14.6 Å². The van der Waals surface area contributed by atoms with Crippen molar-refractivity contribution in [2.75, 3.05) is 60.0 Å². The molecule has 0 radical (unpaired) electrons. The van der Waals surface area contributed by atoms with Crippen LogP contribution < -0.4 is 0 Å². The molecule has 0 saturated carbocycles. The first-order valence-electron chi connectivity index (χ1n) is 26.0. The average molecular weight is 1010 g/mol. The maximum atomic E-state index is 14.9. The van der Waals surface area contributed by atoms with Crippen LogP contribution in [0.2, 0.25) is 0 Å². The van der Waals surface area contributed by atoms with Crippen LogP contribution in [-0.2, 0) is 44.6 Å². The molecule has 0 aliphatic carbocycles. The van der Waals surface area contributed by atoms with Crippen LogP contribution in [-0.4, -0.2) is 196 Å². The Bertz CT molecular complexity index is 1890.